The van der Waals surface area contributed by atoms with E-state index in [-0.39, 0.29) is 11.3 Å². The molecule has 9 heteroatoms. The van der Waals surface area contributed by atoms with Gasteiger partial charge in [-0.15, -0.1) is 0 Å². The van der Waals surface area contributed by atoms with Crippen LogP contribution < -0.4 is 4.72 Å². The minimum Gasteiger partial charge on any atom is -0.507 e. The summed E-state index contributed by atoms with van der Waals surface area (Å²) in [6.07, 6.45) is 0. The Bertz CT molecular complexity index is 1210. The third-order valence-corrected chi connectivity index (χ3v) is 6.20. The molecule has 4 N–H and O–H groups in total. The first-order valence-electron chi connectivity index (χ1n) is 8.28. The first-order valence-corrected chi connectivity index (χ1v) is 10.6. The molecule has 0 unspecified atom stereocenters. The lowest BCUT2D eigenvalue weighted by atomic mass is 9.95. The summed E-state index contributed by atoms with van der Waals surface area (Å²) in [6.45, 7) is 1.53. The molecule has 0 aromatic heterocycles. The summed E-state index contributed by atoms with van der Waals surface area (Å²) in [7, 11) is -4.33. The zero-order chi connectivity index (χ0) is 21.3. The van der Waals surface area contributed by atoms with E-state index in [0.717, 1.165) is 0 Å². The van der Waals surface area contributed by atoms with Gasteiger partial charge >= 0.3 is 5.97 Å². The molecule has 0 fully saturated rings. The largest absolute Gasteiger partial charge is 0.507 e. The second-order valence-corrected chi connectivity index (χ2v) is 8.78. The van der Waals surface area contributed by atoms with Gasteiger partial charge in [0.2, 0.25) is 0 Å². The average Bonchev–Trinajstić information content (AvgIpc) is 2.66. The highest BCUT2D eigenvalue weighted by molar-refractivity contribution is 9.10. The Hall–Kier alpha value is -3.04. The number of aromatic carboxylic acids is 1. The number of phenolic OH excluding ortho intramolecular Hbond substituents is 1. The Balaban J connectivity index is 2.20. The van der Waals surface area contributed by atoms with Crippen molar-refractivity contribution in [1.29, 1.82) is 0 Å². The molecule has 7 nitrogen and oxygen atoms in total. The molecule has 0 saturated carbocycles. The fourth-order valence-electron chi connectivity index (χ4n) is 2.93. The van der Waals surface area contributed by atoms with Crippen LogP contribution in [0.25, 0.3) is 11.1 Å². The van der Waals surface area contributed by atoms with Gasteiger partial charge in [0.25, 0.3) is 10.0 Å². The number of hydrogen-bond donors (Lipinski definition) is 4. The molecule has 150 valence electrons. The fraction of sp³-hybridized carbons (Fsp3) is 0.0500. The van der Waals surface area contributed by atoms with E-state index in [2.05, 4.69) is 20.7 Å². The number of carboxylic acids is 1. The van der Waals surface area contributed by atoms with Crippen molar-refractivity contribution in [1.82, 2.24) is 0 Å². The predicted molar refractivity (Wildman–Crippen MR) is 112 cm³/mol. The molecule has 0 aliphatic rings. The quantitative estimate of drug-likeness (QED) is 0.405. The summed E-state index contributed by atoms with van der Waals surface area (Å²) in [5, 5.41) is 30.0. The van der Waals surface area contributed by atoms with Crippen molar-refractivity contribution >= 4 is 37.6 Å². The van der Waals surface area contributed by atoms with Crippen LogP contribution in [-0.2, 0) is 10.0 Å². The maximum absolute atomic E-state index is 12.8. The van der Waals surface area contributed by atoms with Crippen molar-refractivity contribution in [2.24, 2.45) is 0 Å². The lowest BCUT2D eigenvalue weighted by Crippen LogP contribution is -2.15. The SMILES string of the molecule is Cc1c(-c2ccccc2)cc(NS(=O)(=O)c2cc(Br)ccc2O)c(O)c1C(=O)O. The van der Waals surface area contributed by atoms with Gasteiger partial charge in [0.1, 0.15) is 16.2 Å². The highest BCUT2D eigenvalue weighted by Crippen LogP contribution is 2.39. The Morgan fingerprint density at radius 2 is 1.69 bits per heavy atom. The molecule has 3 rings (SSSR count). The average molecular weight is 478 g/mol. The molecule has 0 heterocycles. The van der Waals surface area contributed by atoms with Crippen molar-refractivity contribution < 1.29 is 28.5 Å². The third kappa shape index (κ3) is 4.06. The second kappa shape index (κ2) is 7.76. The molecule has 0 atom stereocenters. The summed E-state index contributed by atoms with van der Waals surface area (Å²) in [4.78, 5) is 11.3. The standard InChI is InChI=1S/C20H16BrNO6S/c1-11-14(12-5-3-2-4-6-12)10-15(19(24)18(11)20(25)26)22-29(27,28)17-9-13(21)7-8-16(17)23/h2-10,22-24H,1H3,(H,25,26). The van der Waals surface area contributed by atoms with E-state index in [4.69, 9.17) is 0 Å². The molecule has 0 aliphatic carbocycles. The summed E-state index contributed by atoms with van der Waals surface area (Å²) in [5.41, 5.74) is 0.651. The molecule has 29 heavy (non-hydrogen) atoms. The Morgan fingerprint density at radius 3 is 2.31 bits per heavy atom. The van der Waals surface area contributed by atoms with Gasteiger partial charge in [-0.2, -0.15) is 0 Å². The second-order valence-electron chi connectivity index (χ2n) is 6.21. The normalized spacial score (nSPS) is 11.2. The van der Waals surface area contributed by atoms with Gasteiger partial charge in [0.15, 0.2) is 5.75 Å². The number of benzene rings is 3. The summed E-state index contributed by atoms with van der Waals surface area (Å²) >= 11 is 3.14. The van der Waals surface area contributed by atoms with Crippen molar-refractivity contribution in [2.45, 2.75) is 11.8 Å². The van der Waals surface area contributed by atoms with Crippen LogP contribution in [0.3, 0.4) is 0 Å². The van der Waals surface area contributed by atoms with E-state index < -0.39 is 38.0 Å². The maximum atomic E-state index is 12.8. The molecule has 0 radical (unpaired) electrons. The number of hydrogen-bond acceptors (Lipinski definition) is 5. The number of aromatic hydroxyl groups is 2. The van der Waals surface area contributed by atoms with Gasteiger partial charge in [-0.25, -0.2) is 13.2 Å². The molecule has 0 spiro atoms. The van der Waals surface area contributed by atoms with E-state index in [0.29, 0.717) is 15.6 Å². The molecule has 3 aromatic rings. The third-order valence-electron chi connectivity index (χ3n) is 4.31. The van der Waals surface area contributed by atoms with Crippen LogP contribution >= 0.6 is 15.9 Å². The minimum absolute atomic E-state index is 0.287. The fourth-order valence-corrected chi connectivity index (χ4v) is 4.62. The number of carboxylic acid groups (broad SMARTS) is 1. The minimum atomic E-state index is -4.33. The van der Waals surface area contributed by atoms with Crippen molar-refractivity contribution in [3.8, 4) is 22.6 Å². The van der Waals surface area contributed by atoms with Crippen LogP contribution in [-0.4, -0.2) is 29.7 Å². The van der Waals surface area contributed by atoms with Gasteiger partial charge in [-0.3, -0.25) is 4.72 Å². The van der Waals surface area contributed by atoms with Gasteiger partial charge in [-0.05, 0) is 47.9 Å². The van der Waals surface area contributed by atoms with E-state index in [1.54, 1.807) is 30.3 Å². The summed E-state index contributed by atoms with van der Waals surface area (Å²) in [5.74, 6) is -2.61. The van der Waals surface area contributed by atoms with Gasteiger partial charge < -0.3 is 15.3 Å². The monoisotopic (exact) mass is 477 g/mol. The van der Waals surface area contributed by atoms with Crippen LogP contribution in [0.2, 0.25) is 0 Å². The number of halogens is 1. The Morgan fingerprint density at radius 1 is 1.03 bits per heavy atom. The van der Waals surface area contributed by atoms with Crippen LogP contribution in [0.15, 0.2) is 64.0 Å². The smallest absolute Gasteiger partial charge is 0.339 e. The molecule has 0 saturated heterocycles. The van der Waals surface area contributed by atoms with E-state index >= 15 is 0 Å². The number of carbonyl (C=O) groups is 1. The molecular weight excluding hydrogens is 462 g/mol. The first-order chi connectivity index (χ1) is 13.6. The zero-order valence-corrected chi connectivity index (χ0v) is 17.5. The molecule has 0 amide bonds. The molecular formula is C20H16BrNO6S. The van der Waals surface area contributed by atoms with Crippen molar-refractivity contribution in [3.63, 3.8) is 0 Å². The Labute approximate surface area is 175 Å². The van der Waals surface area contributed by atoms with Crippen molar-refractivity contribution in [2.75, 3.05) is 4.72 Å². The van der Waals surface area contributed by atoms with Gasteiger partial charge in [0, 0.05) is 4.47 Å². The number of sulfonamides is 1. The molecule has 0 bridgehead atoms. The first kappa shape index (κ1) is 20.7. The lowest BCUT2D eigenvalue weighted by molar-refractivity contribution is 0.0693. The number of anilines is 1. The topological polar surface area (TPSA) is 124 Å². The maximum Gasteiger partial charge on any atom is 0.339 e. The zero-order valence-electron chi connectivity index (χ0n) is 15.0. The number of rotatable bonds is 5. The lowest BCUT2D eigenvalue weighted by Gasteiger charge is -2.17. The highest BCUT2D eigenvalue weighted by atomic mass is 79.9. The van der Waals surface area contributed by atoms with Crippen LogP contribution in [0.4, 0.5) is 5.69 Å². The Kier molecular flexibility index (Phi) is 5.54. The van der Waals surface area contributed by atoms with Crippen LogP contribution in [0, 0.1) is 6.92 Å². The van der Waals surface area contributed by atoms with Crippen LogP contribution in [0.5, 0.6) is 11.5 Å². The molecule has 0 aliphatic heterocycles. The molecule has 3 aromatic carbocycles. The van der Waals surface area contributed by atoms with Gasteiger partial charge in [-0.1, -0.05) is 46.3 Å². The summed E-state index contributed by atoms with van der Waals surface area (Å²) < 4.78 is 28.2. The van der Waals surface area contributed by atoms with Gasteiger partial charge in [0.05, 0.1) is 5.69 Å². The number of nitrogens with one attached hydrogen (secondary N) is 1. The van der Waals surface area contributed by atoms with E-state index in [1.807, 2.05) is 0 Å². The summed E-state index contributed by atoms with van der Waals surface area (Å²) in [6, 6.07) is 14.0. The number of phenols is 2. The predicted octanol–water partition coefficient (Wildman–Crippen LogP) is 4.33. The van der Waals surface area contributed by atoms with E-state index in [9.17, 15) is 28.5 Å². The van der Waals surface area contributed by atoms with Crippen LogP contribution in [0.1, 0.15) is 15.9 Å². The highest BCUT2D eigenvalue weighted by Gasteiger charge is 2.26. The van der Waals surface area contributed by atoms with Crippen molar-refractivity contribution in [3.05, 3.63) is 70.2 Å². The van der Waals surface area contributed by atoms with E-state index in [1.165, 1.54) is 31.2 Å².